The highest BCUT2D eigenvalue weighted by Crippen LogP contribution is 2.46. The molecule has 1 aliphatic rings. The number of esters is 2. The fourth-order valence-electron chi connectivity index (χ4n) is 3.46. The Balaban J connectivity index is 2.61. The lowest BCUT2D eigenvalue weighted by Crippen LogP contribution is -2.53. The molecule has 0 saturated heterocycles. The average Bonchev–Trinajstić information content (AvgIpc) is 2.65. The number of allylic oxidation sites excluding steroid dienone is 1. The highest BCUT2D eigenvalue weighted by molar-refractivity contribution is 5.91. The molecule has 140 valence electrons. The molecule has 0 aromatic heterocycles. The van der Waals surface area contributed by atoms with E-state index in [4.69, 9.17) is 9.47 Å². The number of hydrogen-bond donors (Lipinski definition) is 0. The van der Waals surface area contributed by atoms with Crippen LogP contribution < -0.4 is 0 Å². The summed E-state index contributed by atoms with van der Waals surface area (Å²) >= 11 is 0. The van der Waals surface area contributed by atoms with Crippen molar-refractivity contribution in [3.05, 3.63) is 51.2 Å². The SMILES string of the molecule is COC(=O)C1=C(C)N(C)C(C)(c2ccc([N+](=O)[O-])cc2)C(C(=O)OC)C1. The molecule has 8 heteroatoms. The summed E-state index contributed by atoms with van der Waals surface area (Å²) in [5.41, 5.74) is 0.920. The molecule has 2 rings (SSSR count). The molecule has 26 heavy (non-hydrogen) atoms. The predicted octanol–water partition coefficient (Wildman–Crippen LogP) is 2.38. The molecular formula is C18H22N2O6. The van der Waals surface area contributed by atoms with E-state index in [9.17, 15) is 19.7 Å². The second kappa shape index (κ2) is 7.15. The fourth-order valence-corrected chi connectivity index (χ4v) is 3.46. The summed E-state index contributed by atoms with van der Waals surface area (Å²) in [6.45, 7) is 3.64. The molecular weight excluding hydrogens is 340 g/mol. The summed E-state index contributed by atoms with van der Waals surface area (Å²) in [6, 6.07) is 6.05. The number of ether oxygens (including phenoxy) is 2. The molecule has 0 radical (unpaired) electrons. The van der Waals surface area contributed by atoms with Crippen molar-refractivity contribution in [3.8, 4) is 0 Å². The van der Waals surface area contributed by atoms with Crippen molar-refractivity contribution < 1.29 is 24.0 Å². The van der Waals surface area contributed by atoms with Gasteiger partial charge in [-0.05, 0) is 38.0 Å². The van der Waals surface area contributed by atoms with Crippen LogP contribution in [0.15, 0.2) is 35.5 Å². The Morgan fingerprint density at radius 2 is 1.81 bits per heavy atom. The van der Waals surface area contributed by atoms with Crippen LogP contribution in [0.25, 0.3) is 0 Å². The van der Waals surface area contributed by atoms with E-state index < -0.39 is 28.3 Å². The van der Waals surface area contributed by atoms with Gasteiger partial charge in [0.15, 0.2) is 0 Å². The third kappa shape index (κ3) is 3.02. The van der Waals surface area contributed by atoms with Crippen LogP contribution >= 0.6 is 0 Å². The minimum Gasteiger partial charge on any atom is -0.469 e. The van der Waals surface area contributed by atoms with Crippen molar-refractivity contribution in [1.29, 1.82) is 0 Å². The maximum Gasteiger partial charge on any atom is 0.335 e. The first kappa shape index (κ1) is 19.4. The molecule has 1 heterocycles. The van der Waals surface area contributed by atoms with Gasteiger partial charge in [-0.1, -0.05) is 0 Å². The average molecular weight is 362 g/mol. The van der Waals surface area contributed by atoms with E-state index >= 15 is 0 Å². The lowest BCUT2D eigenvalue weighted by molar-refractivity contribution is -0.384. The van der Waals surface area contributed by atoms with Crippen LogP contribution in [0.5, 0.6) is 0 Å². The normalized spacial score (nSPS) is 22.8. The van der Waals surface area contributed by atoms with Crippen molar-refractivity contribution >= 4 is 17.6 Å². The number of benzene rings is 1. The first-order chi connectivity index (χ1) is 12.2. The molecule has 2 unspecified atom stereocenters. The summed E-state index contributed by atoms with van der Waals surface area (Å²) in [6.07, 6.45) is 0.156. The van der Waals surface area contributed by atoms with Gasteiger partial charge in [-0.3, -0.25) is 14.9 Å². The van der Waals surface area contributed by atoms with Crippen LogP contribution in [0.3, 0.4) is 0 Å². The van der Waals surface area contributed by atoms with Gasteiger partial charge >= 0.3 is 11.9 Å². The summed E-state index contributed by atoms with van der Waals surface area (Å²) in [4.78, 5) is 36.9. The summed E-state index contributed by atoms with van der Waals surface area (Å²) in [7, 11) is 4.36. The first-order valence-electron chi connectivity index (χ1n) is 8.03. The Kier molecular flexibility index (Phi) is 5.34. The van der Waals surface area contributed by atoms with E-state index in [-0.39, 0.29) is 12.1 Å². The number of non-ortho nitro benzene ring substituents is 1. The third-order valence-corrected chi connectivity index (χ3v) is 5.30. The van der Waals surface area contributed by atoms with E-state index in [0.717, 1.165) is 0 Å². The number of methoxy groups -OCH3 is 2. The zero-order chi connectivity index (χ0) is 19.6. The molecule has 1 aromatic carbocycles. The van der Waals surface area contributed by atoms with Crippen LogP contribution in [0, 0.1) is 16.0 Å². The van der Waals surface area contributed by atoms with E-state index in [1.807, 2.05) is 11.8 Å². The van der Waals surface area contributed by atoms with Gasteiger partial charge in [-0.15, -0.1) is 0 Å². The van der Waals surface area contributed by atoms with E-state index in [2.05, 4.69) is 0 Å². The summed E-state index contributed by atoms with van der Waals surface area (Å²) < 4.78 is 9.80. The fraction of sp³-hybridized carbons (Fsp3) is 0.444. The van der Waals surface area contributed by atoms with Crippen LogP contribution in [-0.2, 0) is 24.6 Å². The second-order valence-corrected chi connectivity index (χ2v) is 6.35. The molecule has 0 aliphatic carbocycles. The van der Waals surface area contributed by atoms with E-state index in [0.29, 0.717) is 16.8 Å². The monoisotopic (exact) mass is 362 g/mol. The topological polar surface area (TPSA) is 99.0 Å². The zero-order valence-electron chi connectivity index (χ0n) is 15.4. The van der Waals surface area contributed by atoms with Gasteiger partial charge < -0.3 is 14.4 Å². The highest BCUT2D eigenvalue weighted by atomic mass is 16.6. The minimum absolute atomic E-state index is 0.0343. The van der Waals surface area contributed by atoms with Crippen LogP contribution in [0.2, 0.25) is 0 Å². The lowest BCUT2D eigenvalue weighted by Gasteiger charge is -2.49. The van der Waals surface area contributed by atoms with Gasteiger partial charge in [0.2, 0.25) is 0 Å². The molecule has 0 amide bonds. The molecule has 0 saturated carbocycles. The maximum absolute atomic E-state index is 12.5. The van der Waals surface area contributed by atoms with Crippen molar-refractivity contribution in [2.45, 2.75) is 25.8 Å². The van der Waals surface area contributed by atoms with Gasteiger partial charge in [0.1, 0.15) is 0 Å². The predicted molar refractivity (Wildman–Crippen MR) is 93.1 cm³/mol. The van der Waals surface area contributed by atoms with Gasteiger partial charge in [0.25, 0.3) is 5.69 Å². The van der Waals surface area contributed by atoms with E-state index in [1.54, 1.807) is 26.1 Å². The largest absolute Gasteiger partial charge is 0.469 e. The molecule has 2 atom stereocenters. The molecule has 0 N–H and O–H groups in total. The number of nitrogens with zero attached hydrogens (tertiary/aromatic N) is 2. The van der Waals surface area contributed by atoms with Gasteiger partial charge in [-0.25, -0.2) is 4.79 Å². The lowest BCUT2D eigenvalue weighted by atomic mass is 9.72. The van der Waals surface area contributed by atoms with Crippen LogP contribution in [0.1, 0.15) is 25.8 Å². The Morgan fingerprint density at radius 3 is 2.27 bits per heavy atom. The zero-order valence-corrected chi connectivity index (χ0v) is 15.4. The molecule has 0 bridgehead atoms. The molecule has 0 spiro atoms. The Hall–Kier alpha value is -2.90. The number of hydrogen-bond acceptors (Lipinski definition) is 7. The number of nitro benzene ring substituents is 1. The Morgan fingerprint density at radius 1 is 1.23 bits per heavy atom. The number of carbonyl (C=O) groups is 2. The summed E-state index contributed by atoms with van der Waals surface area (Å²) in [5.74, 6) is -1.64. The highest BCUT2D eigenvalue weighted by Gasteiger charge is 2.49. The number of rotatable bonds is 4. The van der Waals surface area contributed by atoms with Crippen molar-refractivity contribution in [3.63, 3.8) is 0 Å². The van der Waals surface area contributed by atoms with Crippen LogP contribution in [-0.4, -0.2) is 43.0 Å². The number of carbonyl (C=O) groups excluding carboxylic acids is 2. The van der Waals surface area contributed by atoms with Gasteiger partial charge in [0, 0.05) is 24.9 Å². The molecule has 1 aromatic rings. The van der Waals surface area contributed by atoms with Crippen molar-refractivity contribution in [2.75, 3.05) is 21.3 Å². The molecule has 0 fully saturated rings. The van der Waals surface area contributed by atoms with Crippen LogP contribution in [0.4, 0.5) is 5.69 Å². The molecule has 8 nitrogen and oxygen atoms in total. The second-order valence-electron chi connectivity index (χ2n) is 6.35. The maximum atomic E-state index is 12.5. The Labute approximate surface area is 151 Å². The number of nitro groups is 1. The van der Waals surface area contributed by atoms with Gasteiger partial charge in [-0.2, -0.15) is 0 Å². The van der Waals surface area contributed by atoms with Crippen molar-refractivity contribution in [1.82, 2.24) is 4.90 Å². The third-order valence-electron chi connectivity index (χ3n) is 5.30. The van der Waals surface area contributed by atoms with E-state index in [1.165, 1.54) is 26.4 Å². The van der Waals surface area contributed by atoms with Crippen molar-refractivity contribution in [2.24, 2.45) is 5.92 Å². The molecule has 1 aliphatic heterocycles. The van der Waals surface area contributed by atoms with Gasteiger partial charge in [0.05, 0.1) is 36.2 Å². The Bertz CT molecular complexity index is 770. The quantitative estimate of drug-likeness (QED) is 0.460. The standard InChI is InChI=1S/C18H22N2O6/c1-11-14(16(21)25-4)10-15(17(22)26-5)18(2,19(11)3)12-6-8-13(9-7-12)20(23)24/h6-9,15H,10H2,1-5H3. The first-order valence-corrected chi connectivity index (χ1v) is 8.03. The minimum atomic E-state index is -0.843. The smallest absolute Gasteiger partial charge is 0.335 e. The summed E-state index contributed by atoms with van der Waals surface area (Å²) in [5, 5.41) is 10.9.